The van der Waals surface area contributed by atoms with Crippen molar-refractivity contribution in [3.63, 3.8) is 0 Å². The summed E-state index contributed by atoms with van der Waals surface area (Å²) in [6.45, 7) is 2.31. The standard InChI is InChI=1S/C8H15.ClH.Mg/c1-2-8-6-4-3-5-7-8;;/h2-7H2,1H3;1H;/q;;+1/p-1. The molecule has 1 rings (SSSR count). The molecule has 0 amide bonds. The molecule has 0 radical (unpaired) electrons. The Morgan fingerprint density at radius 3 is 2.20 bits per heavy atom. The second-order valence-electron chi connectivity index (χ2n) is 3.55. The third-order valence-corrected chi connectivity index (χ3v) is 6.42. The summed E-state index contributed by atoms with van der Waals surface area (Å²) >= 11 is -0.266. The zero-order chi connectivity index (χ0) is 7.45. The van der Waals surface area contributed by atoms with Crippen LogP contribution in [0.2, 0.25) is 3.54 Å². The first-order chi connectivity index (χ1) is 4.83. The first-order valence-electron chi connectivity index (χ1n) is 4.39. The number of halogens is 1. The summed E-state index contributed by atoms with van der Waals surface area (Å²) in [5.41, 5.74) is 0. The minimum atomic E-state index is -0.266. The highest BCUT2D eigenvalue weighted by molar-refractivity contribution is 6.95. The molecule has 0 aromatic carbocycles. The minimum absolute atomic E-state index is 0.266. The third-order valence-electron chi connectivity index (χ3n) is 2.95. The molecule has 1 aliphatic rings. The summed E-state index contributed by atoms with van der Waals surface area (Å²) in [4.78, 5) is 0. The molecule has 1 saturated carbocycles. The van der Waals surface area contributed by atoms with Gasteiger partial charge in [-0.25, -0.2) is 0 Å². The van der Waals surface area contributed by atoms with E-state index < -0.39 is 0 Å². The molecule has 0 unspecified atom stereocenters. The van der Waals surface area contributed by atoms with Crippen molar-refractivity contribution >= 4 is 28.3 Å². The van der Waals surface area contributed by atoms with E-state index in [4.69, 9.17) is 9.07 Å². The number of hydrogen-bond acceptors (Lipinski definition) is 0. The topological polar surface area (TPSA) is 0 Å². The van der Waals surface area contributed by atoms with E-state index in [-0.39, 0.29) is 19.3 Å². The lowest BCUT2D eigenvalue weighted by molar-refractivity contribution is 0.368. The molecule has 1 aliphatic carbocycles. The van der Waals surface area contributed by atoms with Crippen LogP contribution in [0.3, 0.4) is 0 Å². The van der Waals surface area contributed by atoms with Gasteiger partial charge in [0, 0.05) is 0 Å². The van der Waals surface area contributed by atoms with E-state index in [0.717, 1.165) is 0 Å². The van der Waals surface area contributed by atoms with E-state index in [1.807, 2.05) is 0 Å². The van der Waals surface area contributed by atoms with Gasteiger partial charge in [-0.05, 0) is 0 Å². The van der Waals surface area contributed by atoms with Gasteiger partial charge in [-0.2, -0.15) is 0 Å². The van der Waals surface area contributed by atoms with Crippen molar-refractivity contribution in [3.8, 4) is 0 Å². The molecule has 0 heterocycles. The third kappa shape index (κ3) is 2.02. The van der Waals surface area contributed by atoms with Gasteiger partial charge in [-0.3, -0.25) is 0 Å². The van der Waals surface area contributed by atoms with Gasteiger partial charge in [0.25, 0.3) is 0 Å². The number of rotatable bonds is 2. The zero-order valence-corrected chi connectivity index (χ0v) is 9.00. The Labute approximate surface area is 77.2 Å². The van der Waals surface area contributed by atoms with Crippen molar-refractivity contribution in [3.05, 3.63) is 0 Å². The predicted molar refractivity (Wildman–Crippen MR) is 47.7 cm³/mol. The highest BCUT2D eigenvalue weighted by atomic mass is 35.5. The van der Waals surface area contributed by atoms with Crippen LogP contribution in [0.15, 0.2) is 0 Å². The van der Waals surface area contributed by atoms with Gasteiger partial charge >= 0.3 is 19.3 Å². The normalized spacial score (nSPS) is 23.8. The van der Waals surface area contributed by atoms with E-state index in [2.05, 4.69) is 6.92 Å². The molecular formula is C8H15ClMg. The smallest absolute Gasteiger partial charge is 0.345 e. The Morgan fingerprint density at radius 1 is 1.30 bits per heavy atom. The van der Waals surface area contributed by atoms with Gasteiger partial charge in [0.2, 0.25) is 0 Å². The lowest BCUT2D eigenvalue weighted by atomic mass is 9.86. The van der Waals surface area contributed by atoms with Crippen LogP contribution in [0.25, 0.3) is 0 Å². The summed E-state index contributed by atoms with van der Waals surface area (Å²) in [7, 11) is 6.08. The summed E-state index contributed by atoms with van der Waals surface area (Å²) < 4.78 is 0.666. The molecule has 0 N–H and O–H groups in total. The Balaban J connectivity index is 2.44. The Bertz CT molecular complexity index is 91.4. The highest BCUT2D eigenvalue weighted by Gasteiger charge is 2.30. The monoisotopic (exact) mass is 170 g/mol. The first-order valence-corrected chi connectivity index (χ1v) is 7.23. The van der Waals surface area contributed by atoms with E-state index in [1.165, 1.54) is 38.5 Å². The minimum Gasteiger partial charge on any atom is -0.345 e. The van der Waals surface area contributed by atoms with Crippen LogP contribution in [-0.2, 0) is 0 Å². The van der Waals surface area contributed by atoms with Crippen LogP contribution >= 0.6 is 9.07 Å². The average Bonchev–Trinajstić information content (AvgIpc) is 2.06. The van der Waals surface area contributed by atoms with E-state index in [1.54, 1.807) is 0 Å². The van der Waals surface area contributed by atoms with Crippen LogP contribution in [0.1, 0.15) is 45.4 Å². The molecule has 0 spiro atoms. The lowest BCUT2D eigenvalue weighted by Gasteiger charge is -2.34. The van der Waals surface area contributed by atoms with Gasteiger partial charge < -0.3 is 9.07 Å². The zero-order valence-electron chi connectivity index (χ0n) is 6.83. The predicted octanol–water partition coefficient (Wildman–Crippen LogP) is 3.38. The summed E-state index contributed by atoms with van der Waals surface area (Å²) in [5.74, 6) is 0. The van der Waals surface area contributed by atoms with Crippen molar-refractivity contribution in [2.75, 3.05) is 0 Å². The largest absolute Gasteiger partial charge is 0.507 e. The SMILES string of the molecule is CC[C]1([Mg][Cl])CCCCC1. The molecule has 0 bridgehead atoms. The second-order valence-corrected chi connectivity index (χ2v) is 6.12. The molecule has 0 aliphatic heterocycles. The van der Waals surface area contributed by atoms with E-state index in [9.17, 15) is 0 Å². The molecule has 0 atom stereocenters. The molecule has 0 aromatic rings. The van der Waals surface area contributed by atoms with Crippen molar-refractivity contribution in [2.24, 2.45) is 0 Å². The maximum atomic E-state index is 6.08. The molecule has 0 saturated heterocycles. The second kappa shape index (κ2) is 4.17. The van der Waals surface area contributed by atoms with Crippen LogP contribution < -0.4 is 0 Å². The average molecular weight is 171 g/mol. The quantitative estimate of drug-likeness (QED) is 0.558. The Hall–Kier alpha value is 1.06. The highest BCUT2D eigenvalue weighted by Crippen LogP contribution is 2.45. The van der Waals surface area contributed by atoms with E-state index >= 15 is 0 Å². The lowest BCUT2D eigenvalue weighted by Crippen LogP contribution is -2.19. The van der Waals surface area contributed by atoms with Crippen LogP contribution in [0.4, 0.5) is 0 Å². The maximum absolute atomic E-state index is 6.08. The molecule has 56 valence electrons. The van der Waals surface area contributed by atoms with Crippen molar-refractivity contribution in [1.82, 2.24) is 0 Å². The van der Waals surface area contributed by atoms with Crippen molar-refractivity contribution in [2.45, 2.75) is 49.0 Å². The van der Waals surface area contributed by atoms with Gasteiger partial charge in [0.15, 0.2) is 0 Å². The van der Waals surface area contributed by atoms with Gasteiger partial charge in [0.05, 0.1) is 0 Å². The van der Waals surface area contributed by atoms with Crippen molar-refractivity contribution in [1.29, 1.82) is 0 Å². The summed E-state index contributed by atoms with van der Waals surface area (Å²) in [6.07, 6.45) is 8.52. The van der Waals surface area contributed by atoms with E-state index in [0.29, 0.717) is 3.54 Å². The van der Waals surface area contributed by atoms with Crippen LogP contribution in [-0.4, -0.2) is 19.3 Å². The number of hydrogen-bond donors (Lipinski definition) is 0. The fraction of sp³-hybridized carbons (Fsp3) is 1.00. The Kier molecular flexibility index (Phi) is 3.82. The van der Waals surface area contributed by atoms with Gasteiger partial charge in [-0.15, -0.1) is 0 Å². The molecule has 0 nitrogen and oxygen atoms in total. The molecule has 10 heavy (non-hydrogen) atoms. The molecule has 0 aromatic heterocycles. The molecule has 1 fully saturated rings. The fourth-order valence-corrected chi connectivity index (χ4v) is 4.21. The molecular weight excluding hydrogens is 156 g/mol. The van der Waals surface area contributed by atoms with Crippen LogP contribution in [0.5, 0.6) is 0 Å². The first kappa shape index (κ1) is 9.15. The van der Waals surface area contributed by atoms with Crippen molar-refractivity contribution < 1.29 is 0 Å². The fourth-order valence-electron chi connectivity index (χ4n) is 1.88. The Morgan fingerprint density at radius 2 is 1.90 bits per heavy atom. The summed E-state index contributed by atoms with van der Waals surface area (Å²) in [6, 6.07) is 0. The maximum Gasteiger partial charge on any atom is 0.507 e. The molecule has 2 heteroatoms. The van der Waals surface area contributed by atoms with Gasteiger partial charge in [0.1, 0.15) is 0 Å². The van der Waals surface area contributed by atoms with Crippen LogP contribution in [0, 0.1) is 0 Å². The van der Waals surface area contributed by atoms with Gasteiger partial charge in [-0.1, -0.05) is 49.0 Å². The summed E-state index contributed by atoms with van der Waals surface area (Å²) in [5, 5.41) is 0.